The molecule has 0 spiro atoms. The van der Waals surface area contributed by atoms with Crippen LogP contribution in [0.4, 0.5) is 0 Å². The Morgan fingerprint density at radius 2 is 1.47 bits per heavy atom. The zero-order valence-electron chi connectivity index (χ0n) is 20.8. The van der Waals surface area contributed by atoms with Crippen molar-refractivity contribution in [2.24, 2.45) is 28.1 Å². The standard InChI is InChI=1S/C21H39N7O8/c1-4-10(2)15(20(35)36)27-19(34)16(11(3)29)28-18(33)13(6-5-9-25-21(23)24)26-17(32)12(22)7-8-14(30)31/h10-13,15-16,29H,4-9,22H2,1-3H3,(H,26,32)(H,27,34)(H,28,33)(H,30,31)(H,35,36)(H4,23,24,25). The van der Waals surface area contributed by atoms with Gasteiger partial charge in [0.25, 0.3) is 0 Å². The van der Waals surface area contributed by atoms with Gasteiger partial charge in [-0.1, -0.05) is 20.3 Å². The highest BCUT2D eigenvalue weighted by Crippen LogP contribution is 2.09. The summed E-state index contributed by atoms with van der Waals surface area (Å²) in [7, 11) is 0. The average Bonchev–Trinajstić information content (AvgIpc) is 2.79. The Morgan fingerprint density at radius 1 is 0.889 bits per heavy atom. The van der Waals surface area contributed by atoms with Crippen molar-refractivity contribution in [2.45, 2.75) is 83.1 Å². The Morgan fingerprint density at radius 3 is 1.94 bits per heavy atom. The highest BCUT2D eigenvalue weighted by atomic mass is 16.4. The number of aliphatic hydroxyl groups excluding tert-OH is 1. The van der Waals surface area contributed by atoms with Gasteiger partial charge in [-0.3, -0.25) is 24.2 Å². The van der Waals surface area contributed by atoms with Gasteiger partial charge in [0, 0.05) is 13.0 Å². The minimum absolute atomic E-state index is 0.0127. The fourth-order valence-electron chi connectivity index (χ4n) is 3.05. The van der Waals surface area contributed by atoms with Gasteiger partial charge in [0.1, 0.15) is 18.1 Å². The number of carboxylic acids is 2. The molecule has 0 saturated carbocycles. The van der Waals surface area contributed by atoms with Gasteiger partial charge in [0.15, 0.2) is 5.96 Å². The van der Waals surface area contributed by atoms with Gasteiger partial charge >= 0.3 is 11.9 Å². The number of carbonyl (C=O) groups is 5. The smallest absolute Gasteiger partial charge is 0.326 e. The van der Waals surface area contributed by atoms with Crippen LogP contribution >= 0.6 is 0 Å². The number of aliphatic carboxylic acids is 2. The Kier molecular flexibility index (Phi) is 14.7. The highest BCUT2D eigenvalue weighted by Gasteiger charge is 2.34. The van der Waals surface area contributed by atoms with Crippen molar-refractivity contribution in [2.75, 3.05) is 6.54 Å². The number of nitrogens with one attached hydrogen (secondary N) is 3. The van der Waals surface area contributed by atoms with Crippen molar-refractivity contribution in [3.63, 3.8) is 0 Å². The Hall–Kier alpha value is -3.46. The maximum Gasteiger partial charge on any atom is 0.326 e. The van der Waals surface area contributed by atoms with Crippen molar-refractivity contribution in [3.05, 3.63) is 0 Å². The lowest BCUT2D eigenvalue weighted by molar-refractivity contribution is -0.144. The van der Waals surface area contributed by atoms with E-state index in [4.69, 9.17) is 22.3 Å². The van der Waals surface area contributed by atoms with E-state index in [-0.39, 0.29) is 38.2 Å². The van der Waals surface area contributed by atoms with Crippen LogP contribution in [0.1, 0.15) is 52.9 Å². The van der Waals surface area contributed by atoms with Gasteiger partial charge < -0.3 is 48.5 Å². The van der Waals surface area contributed by atoms with Crippen LogP contribution in [-0.4, -0.2) is 87.8 Å². The maximum absolute atomic E-state index is 13.0. The van der Waals surface area contributed by atoms with Crippen LogP contribution < -0.4 is 33.2 Å². The first-order valence-corrected chi connectivity index (χ1v) is 11.6. The summed E-state index contributed by atoms with van der Waals surface area (Å²) in [6.45, 7) is 4.74. The normalized spacial score (nSPS) is 15.8. The van der Waals surface area contributed by atoms with E-state index in [1.54, 1.807) is 13.8 Å². The number of carbonyl (C=O) groups excluding carboxylic acids is 3. The lowest BCUT2D eigenvalue weighted by atomic mass is 9.98. The molecule has 206 valence electrons. The van der Waals surface area contributed by atoms with Crippen molar-refractivity contribution in [1.82, 2.24) is 16.0 Å². The second-order valence-electron chi connectivity index (χ2n) is 8.49. The van der Waals surface area contributed by atoms with Gasteiger partial charge in [-0.25, -0.2) is 4.79 Å². The fourth-order valence-corrected chi connectivity index (χ4v) is 3.05. The lowest BCUT2D eigenvalue weighted by Gasteiger charge is -2.27. The van der Waals surface area contributed by atoms with Crippen molar-refractivity contribution < 1.29 is 39.3 Å². The Bertz CT molecular complexity index is 801. The minimum Gasteiger partial charge on any atom is -0.481 e. The molecule has 6 atom stereocenters. The third-order valence-corrected chi connectivity index (χ3v) is 5.42. The van der Waals surface area contributed by atoms with E-state index in [9.17, 15) is 34.2 Å². The summed E-state index contributed by atoms with van der Waals surface area (Å²) in [6, 6.07) is -5.22. The number of amides is 3. The number of hydrogen-bond donors (Lipinski definition) is 9. The van der Waals surface area contributed by atoms with Crippen molar-refractivity contribution >= 4 is 35.6 Å². The zero-order valence-corrected chi connectivity index (χ0v) is 20.8. The maximum atomic E-state index is 13.0. The highest BCUT2D eigenvalue weighted by molar-refractivity contribution is 5.94. The molecule has 0 saturated heterocycles. The topological polar surface area (TPSA) is 273 Å². The third-order valence-electron chi connectivity index (χ3n) is 5.42. The van der Waals surface area contributed by atoms with Crippen LogP contribution in [0.3, 0.4) is 0 Å². The number of carboxylic acid groups (broad SMARTS) is 2. The van der Waals surface area contributed by atoms with Crippen LogP contribution in [0.25, 0.3) is 0 Å². The van der Waals surface area contributed by atoms with E-state index in [1.807, 2.05) is 0 Å². The summed E-state index contributed by atoms with van der Waals surface area (Å²) >= 11 is 0. The molecule has 0 aliphatic heterocycles. The molecule has 0 aliphatic carbocycles. The van der Waals surface area contributed by atoms with E-state index in [2.05, 4.69) is 20.9 Å². The van der Waals surface area contributed by atoms with E-state index in [0.29, 0.717) is 6.42 Å². The molecule has 0 rings (SSSR count). The number of aliphatic hydroxyl groups is 1. The molecule has 36 heavy (non-hydrogen) atoms. The molecular weight excluding hydrogens is 478 g/mol. The van der Waals surface area contributed by atoms with E-state index in [0.717, 1.165) is 0 Å². The lowest BCUT2D eigenvalue weighted by Crippen LogP contribution is -2.60. The fraction of sp³-hybridized carbons (Fsp3) is 0.714. The van der Waals surface area contributed by atoms with E-state index in [1.165, 1.54) is 6.92 Å². The molecule has 6 unspecified atom stereocenters. The summed E-state index contributed by atoms with van der Waals surface area (Å²) in [5.41, 5.74) is 16.3. The van der Waals surface area contributed by atoms with E-state index >= 15 is 0 Å². The molecule has 15 nitrogen and oxygen atoms in total. The molecule has 12 N–H and O–H groups in total. The summed E-state index contributed by atoms with van der Waals surface area (Å²) in [6.07, 6.45) is -1.24. The monoisotopic (exact) mass is 517 g/mol. The molecule has 0 bridgehead atoms. The van der Waals surface area contributed by atoms with Crippen LogP contribution in [0, 0.1) is 5.92 Å². The molecular formula is C21H39N7O8. The predicted molar refractivity (Wildman–Crippen MR) is 129 cm³/mol. The SMILES string of the molecule is CCC(C)C(NC(=O)C(NC(=O)C(CCCN=C(N)N)NC(=O)C(N)CCC(=O)O)C(C)O)C(=O)O. The molecule has 0 heterocycles. The number of hydrogen-bond acceptors (Lipinski definition) is 8. The van der Waals surface area contributed by atoms with Crippen molar-refractivity contribution in [1.29, 1.82) is 0 Å². The second-order valence-corrected chi connectivity index (χ2v) is 8.49. The zero-order chi connectivity index (χ0) is 28.0. The number of guanidine groups is 1. The van der Waals surface area contributed by atoms with Crippen molar-refractivity contribution in [3.8, 4) is 0 Å². The molecule has 0 aromatic carbocycles. The van der Waals surface area contributed by atoms with Crippen LogP contribution in [0.5, 0.6) is 0 Å². The minimum atomic E-state index is -1.53. The first kappa shape index (κ1) is 32.5. The van der Waals surface area contributed by atoms with Crippen LogP contribution in [0.15, 0.2) is 4.99 Å². The quantitative estimate of drug-likeness (QED) is 0.0539. The van der Waals surface area contributed by atoms with Crippen LogP contribution in [0.2, 0.25) is 0 Å². The Balaban J connectivity index is 5.57. The number of nitrogens with two attached hydrogens (primary N) is 3. The molecule has 15 heteroatoms. The molecule has 0 radical (unpaired) electrons. The van der Waals surface area contributed by atoms with Gasteiger partial charge in [0.05, 0.1) is 12.1 Å². The number of aliphatic imine (C=N–C) groups is 1. The summed E-state index contributed by atoms with van der Waals surface area (Å²) in [5, 5.41) is 35.3. The van der Waals surface area contributed by atoms with Gasteiger partial charge in [-0.05, 0) is 32.1 Å². The molecule has 0 aromatic rings. The van der Waals surface area contributed by atoms with Gasteiger partial charge in [-0.15, -0.1) is 0 Å². The average molecular weight is 518 g/mol. The molecule has 3 amide bonds. The largest absolute Gasteiger partial charge is 0.481 e. The van der Waals surface area contributed by atoms with Crippen LogP contribution in [-0.2, 0) is 24.0 Å². The summed E-state index contributed by atoms with van der Waals surface area (Å²) in [5.74, 6) is -5.58. The summed E-state index contributed by atoms with van der Waals surface area (Å²) in [4.78, 5) is 64.2. The predicted octanol–water partition coefficient (Wildman–Crippen LogP) is -2.80. The molecule has 0 aliphatic rings. The summed E-state index contributed by atoms with van der Waals surface area (Å²) < 4.78 is 0. The first-order chi connectivity index (χ1) is 16.7. The second kappa shape index (κ2) is 16.3. The number of nitrogens with zero attached hydrogens (tertiary/aromatic N) is 1. The first-order valence-electron chi connectivity index (χ1n) is 11.6. The Labute approximate surface area is 209 Å². The van der Waals surface area contributed by atoms with E-state index < -0.39 is 65.8 Å². The van der Waals surface area contributed by atoms with Gasteiger partial charge in [0.2, 0.25) is 17.7 Å². The molecule has 0 fully saturated rings. The molecule has 0 aromatic heterocycles. The van der Waals surface area contributed by atoms with Gasteiger partial charge in [-0.2, -0.15) is 0 Å². The number of rotatable bonds is 17. The third kappa shape index (κ3) is 12.3.